The maximum absolute atomic E-state index is 11.9. The zero-order chi connectivity index (χ0) is 17.1. The molecule has 24 heavy (non-hydrogen) atoms. The normalized spacial score (nSPS) is 10.5. The SMILES string of the molecule is CN(C)C(=O)c1ccc(Nc2nccc(-c3ccc(Br)s3)n2)cc1. The molecule has 3 aromatic rings. The Morgan fingerprint density at radius 2 is 1.88 bits per heavy atom. The van der Waals surface area contributed by atoms with Crippen molar-refractivity contribution in [2.75, 3.05) is 19.4 Å². The van der Waals surface area contributed by atoms with Crippen LogP contribution in [0.15, 0.2) is 52.4 Å². The molecule has 2 aromatic heterocycles. The predicted octanol–water partition coefficient (Wildman–Crippen LogP) is 4.41. The highest BCUT2D eigenvalue weighted by atomic mass is 79.9. The number of benzene rings is 1. The number of carbonyl (C=O) groups excluding carboxylic acids is 1. The van der Waals surface area contributed by atoms with E-state index in [1.54, 1.807) is 48.7 Å². The van der Waals surface area contributed by atoms with Crippen molar-refractivity contribution in [3.8, 4) is 10.6 Å². The largest absolute Gasteiger partial charge is 0.345 e. The van der Waals surface area contributed by atoms with Gasteiger partial charge < -0.3 is 10.2 Å². The molecule has 0 atom stereocenters. The van der Waals surface area contributed by atoms with Gasteiger partial charge in [-0.2, -0.15) is 0 Å². The molecule has 0 bridgehead atoms. The lowest BCUT2D eigenvalue weighted by atomic mass is 10.2. The third kappa shape index (κ3) is 3.80. The number of thiophene rings is 1. The highest BCUT2D eigenvalue weighted by Crippen LogP contribution is 2.30. The highest BCUT2D eigenvalue weighted by molar-refractivity contribution is 9.11. The third-order valence-electron chi connectivity index (χ3n) is 3.28. The van der Waals surface area contributed by atoms with Crippen molar-refractivity contribution in [2.24, 2.45) is 0 Å². The first kappa shape index (κ1) is 16.6. The summed E-state index contributed by atoms with van der Waals surface area (Å²) in [4.78, 5) is 23.3. The van der Waals surface area contributed by atoms with Crippen LogP contribution in [-0.4, -0.2) is 34.9 Å². The van der Waals surface area contributed by atoms with E-state index in [1.165, 1.54) is 0 Å². The Labute approximate surface area is 152 Å². The summed E-state index contributed by atoms with van der Waals surface area (Å²) in [6.07, 6.45) is 1.72. The second-order valence-electron chi connectivity index (χ2n) is 5.27. The zero-order valence-corrected chi connectivity index (χ0v) is 15.6. The molecule has 0 aliphatic heterocycles. The molecule has 5 nitrogen and oxygen atoms in total. The fourth-order valence-electron chi connectivity index (χ4n) is 2.09. The minimum absolute atomic E-state index is 0.0249. The Bertz CT molecular complexity index is 861. The number of halogens is 1. The molecule has 0 saturated heterocycles. The minimum atomic E-state index is -0.0249. The Morgan fingerprint density at radius 3 is 2.50 bits per heavy atom. The quantitative estimate of drug-likeness (QED) is 0.701. The van der Waals surface area contributed by atoms with Crippen molar-refractivity contribution in [3.63, 3.8) is 0 Å². The van der Waals surface area contributed by atoms with E-state index in [4.69, 9.17) is 0 Å². The van der Waals surface area contributed by atoms with Crippen LogP contribution in [0.4, 0.5) is 11.6 Å². The number of hydrogen-bond acceptors (Lipinski definition) is 5. The van der Waals surface area contributed by atoms with Crippen molar-refractivity contribution < 1.29 is 4.79 Å². The molecule has 1 aromatic carbocycles. The highest BCUT2D eigenvalue weighted by Gasteiger charge is 2.08. The van der Waals surface area contributed by atoms with Crippen molar-refractivity contribution in [1.29, 1.82) is 0 Å². The summed E-state index contributed by atoms with van der Waals surface area (Å²) in [5.74, 6) is 0.492. The summed E-state index contributed by atoms with van der Waals surface area (Å²) in [6.45, 7) is 0. The van der Waals surface area contributed by atoms with E-state index in [-0.39, 0.29) is 5.91 Å². The molecule has 0 aliphatic carbocycles. The van der Waals surface area contributed by atoms with E-state index in [9.17, 15) is 4.79 Å². The molecule has 1 amide bonds. The van der Waals surface area contributed by atoms with Gasteiger partial charge in [0.15, 0.2) is 0 Å². The van der Waals surface area contributed by atoms with Crippen molar-refractivity contribution in [3.05, 3.63) is 58.0 Å². The van der Waals surface area contributed by atoms with Gasteiger partial charge in [0.1, 0.15) is 0 Å². The number of anilines is 2. The number of rotatable bonds is 4. The molecule has 2 heterocycles. The molecule has 122 valence electrons. The van der Waals surface area contributed by atoms with Gasteiger partial charge in [-0.05, 0) is 58.4 Å². The van der Waals surface area contributed by atoms with Crippen LogP contribution in [0.5, 0.6) is 0 Å². The van der Waals surface area contributed by atoms with E-state index < -0.39 is 0 Å². The average molecular weight is 403 g/mol. The van der Waals surface area contributed by atoms with E-state index in [0.717, 1.165) is 20.0 Å². The summed E-state index contributed by atoms with van der Waals surface area (Å²) in [5.41, 5.74) is 2.33. The molecule has 0 fully saturated rings. The van der Waals surface area contributed by atoms with Gasteiger partial charge in [0, 0.05) is 31.5 Å². The van der Waals surface area contributed by atoms with Gasteiger partial charge in [-0.1, -0.05) is 0 Å². The Morgan fingerprint density at radius 1 is 1.12 bits per heavy atom. The molecule has 0 radical (unpaired) electrons. The van der Waals surface area contributed by atoms with Crippen LogP contribution in [-0.2, 0) is 0 Å². The van der Waals surface area contributed by atoms with E-state index in [2.05, 4.69) is 31.2 Å². The molecular formula is C17H15BrN4OS. The molecule has 3 rings (SSSR count). The maximum Gasteiger partial charge on any atom is 0.253 e. The van der Waals surface area contributed by atoms with Crippen LogP contribution < -0.4 is 5.32 Å². The summed E-state index contributed by atoms with van der Waals surface area (Å²) < 4.78 is 1.06. The first-order chi connectivity index (χ1) is 11.5. The zero-order valence-electron chi connectivity index (χ0n) is 13.2. The second kappa shape index (κ2) is 7.11. The number of aromatic nitrogens is 2. The summed E-state index contributed by atoms with van der Waals surface area (Å²) >= 11 is 5.08. The second-order valence-corrected chi connectivity index (χ2v) is 7.73. The Hall–Kier alpha value is -2.25. The minimum Gasteiger partial charge on any atom is -0.345 e. The molecule has 0 aliphatic rings. The summed E-state index contributed by atoms with van der Waals surface area (Å²) in [6, 6.07) is 13.1. The van der Waals surface area contributed by atoms with Crippen LogP contribution in [0, 0.1) is 0 Å². The topological polar surface area (TPSA) is 58.1 Å². The first-order valence-corrected chi connectivity index (χ1v) is 8.81. The third-order valence-corrected chi connectivity index (χ3v) is 4.92. The maximum atomic E-state index is 11.9. The fraction of sp³-hybridized carbons (Fsp3) is 0.118. The molecule has 1 N–H and O–H groups in total. The predicted molar refractivity (Wildman–Crippen MR) is 101 cm³/mol. The molecule has 0 saturated carbocycles. The van der Waals surface area contributed by atoms with Crippen LogP contribution in [0.2, 0.25) is 0 Å². The lowest BCUT2D eigenvalue weighted by molar-refractivity contribution is 0.0827. The van der Waals surface area contributed by atoms with Gasteiger partial charge >= 0.3 is 0 Å². The number of amides is 1. The fourth-order valence-corrected chi connectivity index (χ4v) is 3.45. The van der Waals surface area contributed by atoms with Gasteiger partial charge in [-0.25, -0.2) is 9.97 Å². The lowest BCUT2D eigenvalue weighted by Gasteiger charge is -2.11. The van der Waals surface area contributed by atoms with Crippen LogP contribution in [0.3, 0.4) is 0 Å². The smallest absolute Gasteiger partial charge is 0.253 e. The van der Waals surface area contributed by atoms with E-state index in [1.807, 2.05) is 30.3 Å². The van der Waals surface area contributed by atoms with Crippen molar-refractivity contribution in [2.45, 2.75) is 0 Å². The average Bonchev–Trinajstić information content (AvgIpc) is 3.02. The molecular weight excluding hydrogens is 388 g/mol. The number of carbonyl (C=O) groups is 1. The van der Waals surface area contributed by atoms with Gasteiger partial charge in [0.2, 0.25) is 5.95 Å². The number of nitrogens with one attached hydrogen (secondary N) is 1. The monoisotopic (exact) mass is 402 g/mol. The summed E-state index contributed by atoms with van der Waals surface area (Å²) in [5, 5.41) is 3.16. The van der Waals surface area contributed by atoms with Gasteiger partial charge in [-0.15, -0.1) is 11.3 Å². The number of nitrogens with zero attached hydrogens (tertiary/aromatic N) is 3. The van der Waals surface area contributed by atoms with Crippen molar-refractivity contribution >= 4 is 44.8 Å². The van der Waals surface area contributed by atoms with Gasteiger partial charge in [-0.3, -0.25) is 4.79 Å². The first-order valence-electron chi connectivity index (χ1n) is 7.20. The van der Waals surface area contributed by atoms with Gasteiger partial charge in [0.05, 0.1) is 14.4 Å². The van der Waals surface area contributed by atoms with Crippen molar-refractivity contribution in [1.82, 2.24) is 14.9 Å². The number of hydrogen-bond donors (Lipinski definition) is 1. The van der Waals surface area contributed by atoms with E-state index >= 15 is 0 Å². The van der Waals surface area contributed by atoms with Crippen LogP contribution in [0.25, 0.3) is 10.6 Å². The standard InChI is InChI=1S/C17H15BrN4OS/c1-22(2)16(23)11-3-5-12(6-4-11)20-17-19-10-9-13(21-17)14-7-8-15(18)24-14/h3-10H,1-2H3,(H,19,20,21). The molecule has 0 spiro atoms. The van der Waals surface area contributed by atoms with Crippen LogP contribution >= 0.6 is 27.3 Å². The Balaban J connectivity index is 1.78. The van der Waals surface area contributed by atoms with Crippen LogP contribution in [0.1, 0.15) is 10.4 Å². The van der Waals surface area contributed by atoms with E-state index in [0.29, 0.717) is 11.5 Å². The van der Waals surface area contributed by atoms with Gasteiger partial charge in [0.25, 0.3) is 5.91 Å². The Kier molecular flexibility index (Phi) is 4.92. The molecule has 7 heteroatoms. The molecule has 0 unspecified atom stereocenters. The lowest BCUT2D eigenvalue weighted by Crippen LogP contribution is -2.21. The summed E-state index contributed by atoms with van der Waals surface area (Å²) in [7, 11) is 3.47.